The zero-order chi connectivity index (χ0) is 27.6. The van der Waals surface area contributed by atoms with Crippen molar-refractivity contribution >= 4 is 17.6 Å². The predicted molar refractivity (Wildman–Crippen MR) is 131 cm³/mol. The van der Waals surface area contributed by atoms with Gasteiger partial charge in [0.15, 0.2) is 17.3 Å². The van der Waals surface area contributed by atoms with Crippen molar-refractivity contribution in [2.24, 2.45) is 5.92 Å². The summed E-state index contributed by atoms with van der Waals surface area (Å²) in [6.45, 7) is 3.37. The van der Waals surface area contributed by atoms with E-state index >= 15 is 4.39 Å². The number of halogens is 4. The molecule has 202 valence electrons. The number of para-hydroxylation sites is 1. The van der Waals surface area contributed by atoms with Crippen molar-refractivity contribution in [3.05, 3.63) is 65.7 Å². The molecule has 1 aliphatic rings. The minimum Gasteiger partial charge on any atom is -0.478 e. The number of carboxylic acids is 1. The third kappa shape index (κ3) is 5.66. The van der Waals surface area contributed by atoms with E-state index in [0.717, 1.165) is 42.3 Å². The van der Waals surface area contributed by atoms with Gasteiger partial charge in [0.25, 0.3) is 0 Å². The number of nitrogens with zero attached hydrogens (tertiary/aromatic N) is 3. The molecule has 4 rings (SSSR count). The molecule has 1 saturated carbocycles. The second kappa shape index (κ2) is 10.8. The Bertz CT molecular complexity index is 1320. The number of rotatable bonds is 7. The molecule has 0 aliphatic heterocycles. The molecule has 2 aromatic carbocycles. The van der Waals surface area contributed by atoms with Crippen molar-refractivity contribution in [3.8, 4) is 17.2 Å². The fraction of sp³-hybridized carbons (Fsp3) is 0.370. The number of ether oxygens (including phenoxy) is 1. The summed E-state index contributed by atoms with van der Waals surface area (Å²) in [6.07, 6.45) is 0.0644. The van der Waals surface area contributed by atoms with Gasteiger partial charge in [0, 0.05) is 24.1 Å². The van der Waals surface area contributed by atoms with Crippen LogP contribution < -0.4 is 9.64 Å². The smallest absolute Gasteiger partial charge is 0.438 e. The highest BCUT2D eigenvalue weighted by atomic mass is 19.4. The number of carboxylic acid groups (broad SMARTS) is 1. The maximum absolute atomic E-state index is 15.3. The van der Waals surface area contributed by atoms with Gasteiger partial charge in [0.1, 0.15) is 0 Å². The molecule has 0 unspecified atom stereocenters. The Labute approximate surface area is 216 Å². The van der Waals surface area contributed by atoms with E-state index in [-0.39, 0.29) is 17.5 Å². The molecule has 0 saturated heterocycles. The summed E-state index contributed by atoms with van der Waals surface area (Å²) in [4.78, 5) is 26.8. The SMILES string of the molecule is CC(C)N(C(=O)C1CCCCC1)c1cc(F)c(Oc2cn(-c3ccccc3)nc2C(F)(F)F)cc1C(=O)O. The molecule has 0 atom stereocenters. The first-order chi connectivity index (χ1) is 18.0. The van der Waals surface area contributed by atoms with Gasteiger partial charge in [0.05, 0.1) is 23.1 Å². The number of hydrogen-bond donors (Lipinski definition) is 1. The normalized spacial score (nSPS) is 14.5. The van der Waals surface area contributed by atoms with Crippen molar-refractivity contribution in [1.29, 1.82) is 0 Å². The van der Waals surface area contributed by atoms with E-state index in [2.05, 4.69) is 5.10 Å². The molecule has 38 heavy (non-hydrogen) atoms. The van der Waals surface area contributed by atoms with Crippen LogP contribution in [0.3, 0.4) is 0 Å². The van der Waals surface area contributed by atoms with Gasteiger partial charge < -0.3 is 14.7 Å². The topological polar surface area (TPSA) is 84.7 Å². The number of alkyl halides is 3. The fourth-order valence-electron chi connectivity index (χ4n) is 4.65. The number of carbonyl (C=O) groups is 2. The van der Waals surface area contributed by atoms with Gasteiger partial charge in [-0.3, -0.25) is 4.79 Å². The first-order valence-electron chi connectivity index (χ1n) is 12.3. The van der Waals surface area contributed by atoms with Gasteiger partial charge in [-0.25, -0.2) is 13.9 Å². The maximum atomic E-state index is 15.3. The summed E-state index contributed by atoms with van der Waals surface area (Å²) < 4.78 is 62.7. The van der Waals surface area contributed by atoms with Crippen LogP contribution in [-0.2, 0) is 11.0 Å². The van der Waals surface area contributed by atoms with Crippen LogP contribution in [0.4, 0.5) is 23.2 Å². The van der Waals surface area contributed by atoms with E-state index in [1.165, 1.54) is 17.0 Å². The van der Waals surface area contributed by atoms with E-state index in [0.29, 0.717) is 18.5 Å². The Kier molecular flexibility index (Phi) is 7.75. The Balaban J connectivity index is 1.75. The highest BCUT2D eigenvalue weighted by Crippen LogP contribution is 2.40. The van der Waals surface area contributed by atoms with Gasteiger partial charge in [-0.05, 0) is 38.8 Å². The van der Waals surface area contributed by atoms with Crippen LogP contribution in [0.15, 0.2) is 48.7 Å². The Morgan fingerprint density at radius 1 is 1.08 bits per heavy atom. The molecule has 0 spiro atoms. The van der Waals surface area contributed by atoms with E-state index in [9.17, 15) is 27.9 Å². The van der Waals surface area contributed by atoms with E-state index in [1.54, 1.807) is 32.0 Å². The van der Waals surface area contributed by atoms with Gasteiger partial charge in [-0.1, -0.05) is 37.5 Å². The summed E-state index contributed by atoms with van der Waals surface area (Å²) in [5, 5.41) is 13.4. The van der Waals surface area contributed by atoms with Crippen molar-refractivity contribution in [1.82, 2.24) is 9.78 Å². The van der Waals surface area contributed by atoms with Crippen LogP contribution in [0.2, 0.25) is 0 Å². The molecule has 1 N–H and O–H groups in total. The zero-order valence-electron chi connectivity index (χ0n) is 20.8. The number of hydrogen-bond acceptors (Lipinski definition) is 4. The molecule has 11 heteroatoms. The molecule has 1 aliphatic carbocycles. The quantitative estimate of drug-likeness (QED) is 0.336. The Morgan fingerprint density at radius 2 is 1.74 bits per heavy atom. The second-order valence-electron chi connectivity index (χ2n) is 9.46. The van der Waals surface area contributed by atoms with Crippen LogP contribution in [0.25, 0.3) is 5.69 Å². The monoisotopic (exact) mass is 533 g/mol. The van der Waals surface area contributed by atoms with Crippen molar-refractivity contribution < 1.29 is 37.0 Å². The molecule has 3 aromatic rings. The largest absolute Gasteiger partial charge is 0.478 e. The van der Waals surface area contributed by atoms with E-state index < -0.39 is 46.8 Å². The van der Waals surface area contributed by atoms with Crippen LogP contribution >= 0.6 is 0 Å². The molecule has 1 heterocycles. The standard InChI is InChI=1S/C27H27F4N3O4/c1-16(2)34(25(35)17-9-5-3-6-10-17)21-14-20(28)22(13-19(21)26(36)37)38-23-15-33(18-11-7-4-8-12-18)32-24(23)27(29,30)31/h4,7-8,11-17H,3,5-6,9-10H2,1-2H3,(H,36,37). The van der Waals surface area contributed by atoms with Gasteiger partial charge in [-0.15, -0.1) is 0 Å². The summed E-state index contributed by atoms with van der Waals surface area (Å²) >= 11 is 0. The van der Waals surface area contributed by atoms with Crippen LogP contribution in [0.1, 0.15) is 62.0 Å². The van der Waals surface area contributed by atoms with Crippen LogP contribution in [-0.4, -0.2) is 32.8 Å². The number of aromatic nitrogens is 2. The zero-order valence-corrected chi connectivity index (χ0v) is 20.8. The van der Waals surface area contributed by atoms with E-state index in [4.69, 9.17) is 4.74 Å². The summed E-state index contributed by atoms with van der Waals surface area (Å²) in [5.41, 5.74) is -1.74. The van der Waals surface area contributed by atoms with Crippen LogP contribution in [0.5, 0.6) is 11.5 Å². The number of carbonyl (C=O) groups excluding carboxylic acids is 1. The minimum atomic E-state index is -4.93. The lowest BCUT2D eigenvalue weighted by atomic mass is 9.87. The number of amides is 1. The molecule has 7 nitrogen and oxygen atoms in total. The van der Waals surface area contributed by atoms with Crippen LogP contribution in [0, 0.1) is 11.7 Å². The number of anilines is 1. The minimum absolute atomic E-state index is 0.177. The molecular formula is C27H27F4N3O4. The number of aromatic carboxylic acids is 1. The van der Waals surface area contributed by atoms with Gasteiger partial charge >= 0.3 is 12.1 Å². The predicted octanol–water partition coefficient (Wildman–Crippen LogP) is 6.84. The average molecular weight is 534 g/mol. The summed E-state index contributed by atoms with van der Waals surface area (Å²) in [5.74, 6) is -4.76. The first-order valence-corrected chi connectivity index (χ1v) is 12.3. The highest BCUT2D eigenvalue weighted by molar-refractivity contribution is 6.03. The lowest BCUT2D eigenvalue weighted by Gasteiger charge is -2.33. The third-order valence-corrected chi connectivity index (χ3v) is 6.44. The first kappa shape index (κ1) is 27.2. The summed E-state index contributed by atoms with van der Waals surface area (Å²) in [6, 6.07) is 9.09. The maximum Gasteiger partial charge on any atom is 0.438 e. The molecule has 1 aromatic heterocycles. The van der Waals surface area contributed by atoms with E-state index in [1.807, 2.05) is 0 Å². The molecular weight excluding hydrogens is 506 g/mol. The van der Waals surface area contributed by atoms with Crippen molar-refractivity contribution in [2.75, 3.05) is 4.90 Å². The van der Waals surface area contributed by atoms with Crippen molar-refractivity contribution in [2.45, 2.75) is 58.2 Å². The molecule has 1 amide bonds. The lowest BCUT2D eigenvalue weighted by Crippen LogP contribution is -2.42. The Hall–Kier alpha value is -3.89. The van der Waals surface area contributed by atoms with Gasteiger partial charge in [0.2, 0.25) is 11.6 Å². The second-order valence-corrected chi connectivity index (χ2v) is 9.46. The fourth-order valence-corrected chi connectivity index (χ4v) is 4.65. The summed E-state index contributed by atoms with van der Waals surface area (Å²) in [7, 11) is 0. The number of benzene rings is 2. The Morgan fingerprint density at radius 3 is 2.32 bits per heavy atom. The lowest BCUT2D eigenvalue weighted by molar-refractivity contribution is -0.142. The molecule has 0 bridgehead atoms. The average Bonchev–Trinajstić information content (AvgIpc) is 3.31. The van der Waals surface area contributed by atoms with Gasteiger partial charge in [-0.2, -0.15) is 18.3 Å². The molecule has 1 fully saturated rings. The molecule has 0 radical (unpaired) electrons. The third-order valence-electron chi connectivity index (χ3n) is 6.44. The highest BCUT2D eigenvalue weighted by Gasteiger charge is 2.39. The van der Waals surface area contributed by atoms with Crippen molar-refractivity contribution in [3.63, 3.8) is 0 Å².